The highest BCUT2D eigenvalue weighted by molar-refractivity contribution is 5.61. The van der Waals surface area contributed by atoms with Gasteiger partial charge in [-0.1, -0.05) is 12.1 Å². The van der Waals surface area contributed by atoms with Crippen molar-refractivity contribution in [3.05, 3.63) is 53.5 Å². The number of aromatic nitrogens is 4. The smallest absolute Gasteiger partial charge is 0.224 e. The molecule has 3 heterocycles. The highest BCUT2D eigenvalue weighted by Gasteiger charge is 2.19. The molecule has 2 aliphatic rings. The lowest BCUT2D eigenvalue weighted by atomic mass is 9.90. The highest BCUT2D eigenvalue weighted by atomic mass is 16.5. The molecule has 0 unspecified atom stereocenters. The number of imidazole rings is 1. The molecule has 1 fully saturated rings. The Morgan fingerprint density at radius 1 is 1.10 bits per heavy atom. The molecule has 1 aliphatic heterocycles. The van der Waals surface area contributed by atoms with Crippen LogP contribution in [-0.2, 0) is 24.0 Å². The SMILES string of the molecule is N#CCc1cnc(-c2ccc3c(c2)CCCC3)n1-c1ccnc(NC2CCOCC2)n1. The summed E-state index contributed by atoms with van der Waals surface area (Å²) in [6.45, 7) is 1.52. The van der Waals surface area contributed by atoms with Crippen LogP contribution in [0.5, 0.6) is 0 Å². The third-order valence-corrected chi connectivity index (χ3v) is 6.13. The first-order valence-electron chi connectivity index (χ1n) is 11.1. The molecule has 1 aromatic carbocycles. The minimum absolute atomic E-state index is 0.269. The lowest BCUT2D eigenvalue weighted by Crippen LogP contribution is -2.28. The second-order valence-electron chi connectivity index (χ2n) is 8.20. The molecule has 3 aromatic rings. The minimum Gasteiger partial charge on any atom is -0.381 e. The van der Waals surface area contributed by atoms with Crippen molar-refractivity contribution in [2.45, 2.75) is 51.0 Å². The molecular weight excluding hydrogens is 388 g/mol. The molecule has 0 amide bonds. The Kier molecular flexibility index (Phi) is 5.63. The third-order valence-electron chi connectivity index (χ3n) is 6.13. The zero-order chi connectivity index (χ0) is 21.0. The van der Waals surface area contributed by atoms with Crippen molar-refractivity contribution in [3.63, 3.8) is 0 Å². The van der Waals surface area contributed by atoms with Crippen molar-refractivity contribution in [1.82, 2.24) is 19.5 Å². The number of rotatable bonds is 5. The number of anilines is 1. The molecule has 5 rings (SSSR count). The van der Waals surface area contributed by atoms with Crippen LogP contribution in [0.2, 0.25) is 0 Å². The Morgan fingerprint density at radius 3 is 2.77 bits per heavy atom. The van der Waals surface area contributed by atoms with Gasteiger partial charge >= 0.3 is 0 Å². The fourth-order valence-corrected chi connectivity index (χ4v) is 4.49. The van der Waals surface area contributed by atoms with Gasteiger partial charge in [-0.05, 0) is 61.8 Å². The van der Waals surface area contributed by atoms with E-state index in [0.29, 0.717) is 12.0 Å². The summed E-state index contributed by atoms with van der Waals surface area (Å²) >= 11 is 0. The van der Waals surface area contributed by atoms with Crippen molar-refractivity contribution in [3.8, 4) is 23.3 Å². The van der Waals surface area contributed by atoms with Gasteiger partial charge in [0.1, 0.15) is 11.6 Å². The number of ether oxygens (including phenoxy) is 1. The highest BCUT2D eigenvalue weighted by Crippen LogP contribution is 2.29. The van der Waals surface area contributed by atoms with Crippen molar-refractivity contribution in [2.24, 2.45) is 0 Å². The number of fused-ring (bicyclic) bond motifs is 1. The summed E-state index contributed by atoms with van der Waals surface area (Å²) < 4.78 is 7.43. The maximum atomic E-state index is 9.35. The molecule has 0 saturated carbocycles. The molecule has 1 saturated heterocycles. The minimum atomic E-state index is 0.269. The van der Waals surface area contributed by atoms with Gasteiger partial charge in [-0.15, -0.1) is 0 Å². The van der Waals surface area contributed by atoms with Crippen molar-refractivity contribution in [2.75, 3.05) is 18.5 Å². The monoisotopic (exact) mass is 414 g/mol. The number of aryl methyl sites for hydroxylation is 2. The van der Waals surface area contributed by atoms with E-state index >= 15 is 0 Å². The van der Waals surface area contributed by atoms with E-state index in [9.17, 15) is 5.26 Å². The van der Waals surface area contributed by atoms with E-state index in [1.54, 1.807) is 12.4 Å². The molecule has 7 heteroatoms. The molecular formula is C24H26N6O. The first-order chi connectivity index (χ1) is 15.3. The lowest BCUT2D eigenvalue weighted by Gasteiger charge is -2.23. The number of nitriles is 1. The summed E-state index contributed by atoms with van der Waals surface area (Å²) in [5, 5.41) is 12.8. The van der Waals surface area contributed by atoms with Gasteiger partial charge in [0, 0.05) is 31.0 Å². The molecule has 0 radical (unpaired) electrons. The standard InChI is InChI=1S/C24H26N6O/c25-11-7-21-16-27-23(19-6-5-17-3-1-2-4-18(17)15-19)30(21)22-8-12-26-24(29-22)28-20-9-13-31-14-10-20/h5-6,8,12,15-16,20H,1-4,7,9-10,13-14H2,(H,26,28,29). The lowest BCUT2D eigenvalue weighted by molar-refractivity contribution is 0.0903. The maximum absolute atomic E-state index is 9.35. The number of nitrogens with one attached hydrogen (secondary N) is 1. The molecule has 0 spiro atoms. The van der Waals surface area contributed by atoms with E-state index in [1.165, 1.54) is 24.0 Å². The Balaban J connectivity index is 1.52. The molecule has 158 valence electrons. The van der Waals surface area contributed by atoms with Crippen LogP contribution in [0.1, 0.15) is 42.5 Å². The predicted molar refractivity (Wildman–Crippen MR) is 118 cm³/mol. The molecule has 0 atom stereocenters. The number of nitrogens with zero attached hydrogens (tertiary/aromatic N) is 5. The van der Waals surface area contributed by atoms with Crippen LogP contribution >= 0.6 is 0 Å². The van der Waals surface area contributed by atoms with Gasteiger partial charge in [0.25, 0.3) is 0 Å². The quantitative estimate of drug-likeness (QED) is 0.682. The average Bonchev–Trinajstić information content (AvgIpc) is 3.23. The summed E-state index contributed by atoms with van der Waals surface area (Å²) in [6, 6.07) is 11.1. The Hall–Kier alpha value is -3.24. The molecule has 0 bridgehead atoms. The number of hydrogen-bond acceptors (Lipinski definition) is 6. The van der Waals surface area contributed by atoms with Crippen LogP contribution in [0.25, 0.3) is 17.2 Å². The molecule has 2 aromatic heterocycles. The average molecular weight is 415 g/mol. The Labute approximate surface area is 182 Å². The van der Waals surface area contributed by atoms with Gasteiger partial charge < -0.3 is 10.1 Å². The van der Waals surface area contributed by atoms with Gasteiger partial charge in [-0.2, -0.15) is 10.2 Å². The number of hydrogen-bond donors (Lipinski definition) is 1. The molecule has 31 heavy (non-hydrogen) atoms. The number of benzene rings is 1. The first kappa shape index (κ1) is 19.7. The maximum Gasteiger partial charge on any atom is 0.224 e. The Morgan fingerprint density at radius 2 is 1.94 bits per heavy atom. The van der Waals surface area contributed by atoms with Crippen molar-refractivity contribution >= 4 is 5.95 Å². The third kappa shape index (κ3) is 4.17. The van der Waals surface area contributed by atoms with Gasteiger partial charge in [0.2, 0.25) is 5.95 Å². The zero-order valence-corrected chi connectivity index (χ0v) is 17.5. The van der Waals surface area contributed by atoms with E-state index in [1.807, 2.05) is 10.6 Å². The topological polar surface area (TPSA) is 88.7 Å². The van der Waals surface area contributed by atoms with Gasteiger partial charge in [-0.25, -0.2) is 9.97 Å². The van der Waals surface area contributed by atoms with E-state index in [2.05, 4.69) is 34.6 Å². The largest absolute Gasteiger partial charge is 0.381 e. The molecule has 1 aliphatic carbocycles. The normalized spacial score (nSPS) is 16.5. The molecule has 1 N–H and O–H groups in total. The fourth-order valence-electron chi connectivity index (χ4n) is 4.49. The van der Waals surface area contributed by atoms with Crippen LogP contribution < -0.4 is 5.32 Å². The van der Waals surface area contributed by atoms with Gasteiger partial charge in [0.15, 0.2) is 0 Å². The summed E-state index contributed by atoms with van der Waals surface area (Å²) in [6.07, 6.45) is 10.5. The zero-order valence-electron chi connectivity index (χ0n) is 17.5. The van der Waals surface area contributed by atoms with Crippen molar-refractivity contribution in [1.29, 1.82) is 5.26 Å². The van der Waals surface area contributed by atoms with Crippen LogP contribution in [0.4, 0.5) is 5.95 Å². The Bertz CT molecular complexity index is 1110. The molecule has 7 nitrogen and oxygen atoms in total. The summed E-state index contributed by atoms with van der Waals surface area (Å²) in [4.78, 5) is 13.9. The van der Waals surface area contributed by atoms with Crippen LogP contribution in [0.3, 0.4) is 0 Å². The summed E-state index contributed by atoms with van der Waals surface area (Å²) in [5.41, 5.74) is 4.73. The fraction of sp³-hybridized carbons (Fsp3) is 0.417. The van der Waals surface area contributed by atoms with E-state index in [0.717, 1.165) is 61.8 Å². The van der Waals surface area contributed by atoms with Crippen molar-refractivity contribution < 1.29 is 4.74 Å². The summed E-state index contributed by atoms with van der Waals surface area (Å²) in [5.74, 6) is 2.13. The summed E-state index contributed by atoms with van der Waals surface area (Å²) in [7, 11) is 0. The van der Waals surface area contributed by atoms with E-state index in [4.69, 9.17) is 14.7 Å². The first-order valence-corrected chi connectivity index (χ1v) is 11.1. The predicted octanol–water partition coefficient (Wildman–Crippen LogP) is 3.87. The van der Waals surface area contributed by atoms with Gasteiger partial charge in [0.05, 0.1) is 24.4 Å². The van der Waals surface area contributed by atoms with Crippen LogP contribution in [0.15, 0.2) is 36.7 Å². The van der Waals surface area contributed by atoms with Crippen LogP contribution in [-0.4, -0.2) is 38.8 Å². The van der Waals surface area contributed by atoms with Gasteiger partial charge in [-0.3, -0.25) is 4.57 Å². The second-order valence-corrected chi connectivity index (χ2v) is 8.20. The van der Waals surface area contributed by atoms with E-state index in [-0.39, 0.29) is 6.42 Å². The van der Waals surface area contributed by atoms with E-state index < -0.39 is 0 Å². The second kappa shape index (κ2) is 8.86. The van der Waals surface area contributed by atoms with Crippen LogP contribution in [0, 0.1) is 11.3 Å².